The van der Waals surface area contributed by atoms with E-state index in [0.29, 0.717) is 36.1 Å². The number of nitrogens with one attached hydrogen (secondary N) is 1. The largest absolute Gasteiger partial charge is 0.469 e. The number of rotatable bonds is 20. The molecule has 377 valence electrons. The highest BCUT2D eigenvalue weighted by molar-refractivity contribution is 6.60. The van der Waals surface area contributed by atoms with Gasteiger partial charge in [-0.15, -0.1) is 5.98 Å². The Morgan fingerprint density at radius 3 is 2.03 bits per heavy atom. The van der Waals surface area contributed by atoms with Crippen LogP contribution in [0.2, 0.25) is 0 Å². The zero-order valence-corrected chi connectivity index (χ0v) is 46.5. The second kappa shape index (κ2) is 22.5. The summed E-state index contributed by atoms with van der Waals surface area (Å²) in [5.74, 6) is 4.24. The first kappa shape index (κ1) is 54.8. The van der Waals surface area contributed by atoms with Crippen LogP contribution in [0.5, 0.6) is 0 Å². The lowest BCUT2D eigenvalue weighted by molar-refractivity contribution is 0.273. The molecule has 0 saturated carbocycles. The van der Waals surface area contributed by atoms with Crippen LogP contribution in [0.1, 0.15) is 190 Å². The minimum atomic E-state index is -1.00. The molecule has 6 rings (SSSR count). The molecule has 2 aromatic carbocycles. The second-order valence-corrected chi connectivity index (χ2v) is 24.6. The van der Waals surface area contributed by atoms with Crippen LogP contribution in [0, 0.1) is 34.5 Å². The fourth-order valence-electron chi connectivity index (χ4n) is 11.3. The van der Waals surface area contributed by atoms with E-state index in [0.717, 1.165) is 72.9 Å². The van der Waals surface area contributed by atoms with Gasteiger partial charge >= 0.3 is 0 Å². The molecule has 0 spiro atoms. The molecule has 5 unspecified atom stereocenters. The second-order valence-electron chi connectivity index (χ2n) is 24.6. The SMILES string of the molecule is C=C(C(C)CC)C(C/C=C/[B]c1oc2cc3c(cc2c1N(C/C=C/N/C=C/C1=C(/C=C/C2C=CC=CC2F)C(C)(C)CCC1(C)C)c1ccc(C(C)C)c(C(C)CC)c1)C(C)(C)CCC3(C)C)C(C)C. The smallest absolute Gasteiger partial charge is 0.234 e. The molecular formula is C65H91BFN2O. The molecule has 5 atom stereocenters. The molecule has 70 heavy (non-hydrogen) atoms. The molecule has 0 bridgehead atoms. The molecular weight excluding hydrogens is 855 g/mol. The third-order valence-electron chi connectivity index (χ3n) is 16.9. The van der Waals surface area contributed by atoms with E-state index >= 15 is 0 Å². The van der Waals surface area contributed by atoms with Crippen molar-refractivity contribution in [2.75, 3.05) is 11.4 Å². The predicted molar refractivity (Wildman–Crippen MR) is 305 cm³/mol. The van der Waals surface area contributed by atoms with E-state index in [-0.39, 0.29) is 27.6 Å². The van der Waals surface area contributed by atoms with E-state index in [1.165, 1.54) is 39.0 Å². The fraction of sp³-hybridized carbons (Fsp3) is 0.538. The number of allylic oxidation sites excluding steroid dienone is 11. The molecule has 3 aliphatic rings. The van der Waals surface area contributed by atoms with Gasteiger partial charge in [0.05, 0.1) is 11.3 Å². The van der Waals surface area contributed by atoms with Gasteiger partial charge in [0, 0.05) is 29.7 Å². The van der Waals surface area contributed by atoms with Gasteiger partial charge < -0.3 is 14.6 Å². The van der Waals surface area contributed by atoms with Gasteiger partial charge in [0.15, 0.2) is 0 Å². The van der Waals surface area contributed by atoms with E-state index < -0.39 is 6.17 Å². The third kappa shape index (κ3) is 12.2. The maximum Gasteiger partial charge on any atom is 0.234 e. The van der Waals surface area contributed by atoms with E-state index in [9.17, 15) is 4.39 Å². The molecule has 0 fully saturated rings. The van der Waals surface area contributed by atoms with E-state index in [4.69, 9.17) is 4.42 Å². The molecule has 3 aromatic rings. The minimum Gasteiger partial charge on any atom is -0.469 e. The highest BCUT2D eigenvalue weighted by atomic mass is 19.1. The number of hydrogen-bond acceptors (Lipinski definition) is 3. The summed E-state index contributed by atoms with van der Waals surface area (Å²) in [5.41, 5.74) is 13.7. The Bertz CT molecular complexity index is 2530. The van der Waals surface area contributed by atoms with Gasteiger partial charge in [0.1, 0.15) is 11.8 Å². The zero-order valence-electron chi connectivity index (χ0n) is 46.5. The molecule has 1 N–H and O–H groups in total. The standard InChI is InChI=1S/C65H91BFN2O/c1-18-45(7)47(9)50(43(3)4)25-22-36-66-61-60(53-41-56-57(42-59(53)70-61)65(16,17)35-34-64(56,14)15)69(49-28-29-51(44(5)6)52(40-49)46(8)19-2)39-23-37-68-38-31-55-54(62(10,11)32-33-63(55,12)13)30-27-48-24-20-21-26-58(48)67/h20-24,26-31,36-38,40-46,48,50,58,68H,9,18-19,25,32-35,39H2,1-8,10-17H3/b30-27+,36-22+,37-23+,38-31+. The maximum absolute atomic E-state index is 14.9. The summed E-state index contributed by atoms with van der Waals surface area (Å²) < 4.78 is 22.0. The van der Waals surface area contributed by atoms with Gasteiger partial charge in [-0.25, -0.2) is 4.39 Å². The van der Waals surface area contributed by atoms with Crippen LogP contribution in [0.25, 0.3) is 11.0 Å². The summed E-state index contributed by atoms with van der Waals surface area (Å²) in [6.45, 7) is 42.7. The lowest BCUT2D eigenvalue weighted by Crippen LogP contribution is -2.33. The van der Waals surface area contributed by atoms with Gasteiger partial charge in [0.2, 0.25) is 7.28 Å². The van der Waals surface area contributed by atoms with E-state index in [2.05, 4.69) is 214 Å². The van der Waals surface area contributed by atoms with Gasteiger partial charge in [-0.2, -0.15) is 0 Å². The Hall–Kier alpha value is -4.51. The van der Waals surface area contributed by atoms with Crippen molar-refractivity contribution in [3.63, 3.8) is 0 Å². The van der Waals surface area contributed by atoms with E-state index in [1.807, 2.05) is 12.2 Å². The van der Waals surface area contributed by atoms with Crippen LogP contribution in [-0.2, 0) is 10.8 Å². The van der Waals surface area contributed by atoms with Crippen molar-refractivity contribution < 1.29 is 8.81 Å². The first-order valence-electron chi connectivity index (χ1n) is 27.2. The number of hydrogen-bond donors (Lipinski definition) is 1. The monoisotopic (exact) mass is 946 g/mol. The quantitative estimate of drug-likeness (QED) is 0.0904. The maximum atomic E-state index is 14.9. The Balaban J connectivity index is 1.45. The molecule has 3 aliphatic carbocycles. The van der Waals surface area contributed by atoms with Crippen molar-refractivity contribution in [3.8, 4) is 0 Å². The van der Waals surface area contributed by atoms with E-state index in [1.54, 1.807) is 12.2 Å². The number of anilines is 2. The Kier molecular flexibility index (Phi) is 17.6. The highest BCUT2D eigenvalue weighted by Gasteiger charge is 2.39. The van der Waals surface area contributed by atoms with Crippen molar-refractivity contribution in [2.24, 2.45) is 34.5 Å². The molecule has 0 aliphatic heterocycles. The average molecular weight is 946 g/mol. The van der Waals surface area contributed by atoms with Crippen LogP contribution in [0.15, 0.2) is 131 Å². The summed E-state index contributed by atoms with van der Waals surface area (Å²) in [6.07, 6.45) is 29.2. The first-order chi connectivity index (χ1) is 32.9. The van der Waals surface area contributed by atoms with Crippen LogP contribution < -0.4 is 15.9 Å². The Morgan fingerprint density at radius 1 is 0.786 bits per heavy atom. The average Bonchev–Trinajstić information content (AvgIpc) is 3.66. The molecule has 0 amide bonds. The summed E-state index contributed by atoms with van der Waals surface area (Å²) in [5, 5.41) is 4.72. The minimum absolute atomic E-state index is 0.0228. The van der Waals surface area contributed by atoms with Crippen LogP contribution in [0.4, 0.5) is 15.8 Å². The summed E-state index contributed by atoms with van der Waals surface area (Å²) >= 11 is 0. The van der Waals surface area contributed by atoms with Crippen molar-refractivity contribution in [3.05, 3.63) is 149 Å². The number of alkyl halides is 1. The van der Waals surface area contributed by atoms with Crippen molar-refractivity contribution in [1.82, 2.24) is 5.32 Å². The summed E-state index contributed by atoms with van der Waals surface area (Å²) in [4.78, 5) is 2.49. The summed E-state index contributed by atoms with van der Waals surface area (Å²) in [6, 6.07) is 12.0. The lowest BCUT2D eigenvalue weighted by Gasteiger charge is -2.42. The normalized spacial score (nSPS) is 22.0. The Labute approximate surface area is 427 Å². The molecule has 1 aromatic heterocycles. The number of fused-ring (bicyclic) bond motifs is 2. The molecule has 0 saturated heterocycles. The molecule has 1 radical (unpaired) electrons. The fourth-order valence-corrected chi connectivity index (χ4v) is 11.3. The van der Waals surface area contributed by atoms with Gasteiger partial charge in [0.25, 0.3) is 0 Å². The third-order valence-corrected chi connectivity index (χ3v) is 16.9. The Morgan fingerprint density at radius 2 is 1.41 bits per heavy atom. The predicted octanol–water partition coefficient (Wildman–Crippen LogP) is 18.1. The highest BCUT2D eigenvalue weighted by Crippen LogP contribution is 2.51. The van der Waals surface area contributed by atoms with Crippen molar-refractivity contribution in [2.45, 2.75) is 185 Å². The molecule has 3 nitrogen and oxygen atoms in total. The van der Waals surface area contributed by atoms with Gasteiger partial charge in [-0.05, 0) is 178 Å². The topological polar surface area (TPSA) is 28.4 Å². The van der Waals surface area contributed by atoms with Crippen LogP contribution in [-0.4, -0.2) is 20.0 Å². The van der Waals surface area contributed by atoms with Crippen LogP contribution in [0.3, 0.4) is 0 Å². The number of furan rings is 1. The van der Waals surface area contributed by atoms with Crippen molar-refractivity contribution in [1.29, 1.82) is 0 Å². The van der Waals surface area contributed by atoms with Gasteiger partial charge in [-0.3, -0.25) is 0 Å². The molecule has 1 heterocycles. The van der Waals surface area contributed by atoms with Crippen molar-refractivity contribution >= 4 is 35.3 Å². The lowest BCUT2D eigenvalue weighted by atomic mass is 9.63. The molecule has 5 heteroatoms. The van der Waals surface area contributed by atoms with Crippen LogP contribution >= 0.6 is 0 Å². The zero-order chi connectivity index (χ0) is 51.3. The number of benzene rings is 2. The number of nitrogens with zero attached hydrogens (tertiary/aromatic N) is 1. The number of halogens is 1. The summed E-state index contributed by atoms with van der Waals surface area (Å²) in [7, 11) is 2.21. The van der Waals surface area contributed by atoms with Gasteiger partial charge in [-0.1, -0.05) is 165 Å². The first-order valence-corrected chi connectivity index (χ1v) is 27.2.